The summed E-state index contributed by atoms with van der Waals surface area (Å²) in [6.07, 6.45) is 5.43. The number of piperazine rings is 1. The topological polar surface area (TPSA) is 52.2 Å². The number of rotatable bonds is 2. The molecule has 0 bridgehead atoms. The maximum atomic E-state index is 12.6. The van der Waals surface area contributed by atoms with E-state index in [4.69, 9.17) is 0 Å². The lowest BCUT2D eigenvalue weighted by molar-refractivity contribution is 0.0572. The summed E-state index contributed by atoms with van der Waals surface area (Å²) in [6.45, 7) is 7.55. The predicted molar refractivity (Wildman–Crippen MR) is 77.8 cm³/mol. The predicted octanol–water partition coefficient (Wildman–Crippen LogP) is 1.73. The SMILES string of the molecule is Cc1n[nH]c(C)c1C(=O)N1CCN(C2CCCC2)CC1. The van der Waals surface area contributed by atoms with E-state index in [9.17, 15) is 4.79 Å². The van der Waals surface area contributed by atoms with Crippen LogP contribution in [0.25, 0.3) is 0 Å². The number of hydrogen-bond acceptors (Lipinski definition) is 3. The van der Waals surface area contributed by atoms with Crippen molar-refractivity contribution in [2.24, 2.45) is 0 Å². The van der Waals surface area contributed by atoms with Crippen molar-refractivity contribution in [1.82, 2.24) is 20.0 Å². The Hall–Kier alpha value is -1.36. The Labute approximate surface area is 120 Å². The third-order valence-corrected chi connectivity index (χ3v) is 4.78. The highest BCUT2D eigenvalue weighted by Gasteiger charge is 2.29. The molecule has 5 heteroatoms. The Kier molecular flexibility index (Phi) is 3.78. The maximum absolute atomic E-state index is 12.6. The molecule has 3 rings (SSSR count). The molecule has 5 nitrogen and oxygen atoms in total. The van der Waals surface area contributed by atoms with Crippen LogP contribution in [0.2, 0.25) is 0 Å². The summed E-state index contributed by atoms with van der Waals surface area (Å²) in [5.74, 6) is 0.139. The van der Waals surface area contributed by atoms with Gasteiger partial charge in [0.2, 0.25) is 0 Å². The molecule has 2 heterocycles. The molecule has 1 amide bonds. The standard InChI is InChI=1S/C15H24N4O/c1-11-14(12(2)17-16-11)15(20)19-9-7-18(8-10-19)13-5-3-4-6-13/h13H,3-10H2,1-2H3,(H,16,17). The van der Waals surface area contributed by atoms with Gasteiger partial charge in [0.25, 0.3) is 5.91 Å². The van der Waals surface area contributed by atoms with Crippen LogP contribution < -0.4 is 0 Å². The zero-order valence-corrected chi connectivity index (χ0v) is 12.5. The molecule has 1 saturated carbocycles. The third kappa shape index (κ3) is 2.46. The van der Waals surface area contributed by atoms with Crippen LogP contribution in [0.5, 0.6) is 0 Å². The molecule has 1 saturated heterocycles. The molecule has 0 atom stereocenters. The van der Waals surface area contributed by atoms with Crippen molar-refractivity contribution >= 4 is 5.91 Å². The van der Waals surface area contributed by atoms with Gasteiger partial charge in [0, 0.05) is 37.9 Å². The Morgan fingerprint density at radius 1 is 1.15 bits per heavy atom. The number of aromatic nitrogens is 2. The summed E-state index contributed by atoms with van der Waals surface area (Å²) >= 11 is 0. The fraction of sp³-hybridized carbons (Fsp3) is 0.733. The summed E-state index contributed by atoms with van der Waals surface area (Å²) in [7, 11) is 0. The van der Waals surface area contributed by atoms with E-state index in [2.05, 4.69) is 15.1 Å². The zero-order chi connectivity index (χ0) is 14.1. The average molecular weight is 276 g/mol. The van der Waals surface area contributed by atoms with E-state index in [1.54, 1.807) is 0 Å². The average Bonchev–Trinajstić information content (AvgIpc) is 3.09. The number of H-pyrrole nitrogens is 1. The van der Waals surface area contributed by atoms with Crippen molar-refractivity contribution in [2.75, 3.05) is 26.2 Å². The number of hydrogen-bond donors (Lipinski definition) is 1. The number of nitrogens with zero attached hydrogens (tertiary/aromatic N) is 3. The lowest BCUT2D eigenvalue weighted by Gasteiger charge is -2.38. The molecule has 1 aliphatic carbocycles. The minimum Gasteiger partial charge on any atom is -0.336 e. The molecule has 0 unspecified atom stereocenters. The second kappa shape index (κ2) is 5.56. The molecule has 0 radical (unpaired) electrons. The number of nitrogens with one attached hydrogen (secondary N) is 1. The van der Waals surface area contributed by atoms with Gasteiger partial charge >= 0.3 is 0 Å². The largest absolute Gasteiger partial charge is 0.336 e. The highest BCUT2D eigenvalue weighted by atomic mass is 16.2. The monoisotopic (exact) mass is 276 g/mol. The molecule has 20 heavy (non-hydrogen) atoms. The highest BCUT2D eigenvalue weighted by molar-refractivity contribution is 5.96. The molecule has 1 aromatic heterocycles. The van der Waals surface area contributed by atoms with Crippen LogP contribution in [-0.2, 0) is 0 Å². The van der Waals surface area contributed by atoms with Crippen molar-refractivity contribution in [3.63, 3.8) is 0 Å². The second-order valence-corrected chi connectivity index (χ2v) is 6.08. The summed E-state index contributed by atoms with van der Waals surface area (Å²) in [4.78, 5) is 17.1. The van der Waals surface area contributed by atoms with Gasteiger partial charge in [-0.05, 0) is 26.7 Å². The second-order valence-electron chi connectivity index (χ2n) is 6.08. The van der Waals surface area contributed by atoms with E-state index in [1.165, 1.54) is 25.7 Å². The molecule has 2 aliphatic rings. The first-order valence-corrected chi connectivity index (χ1v) is 7.71. The molecular weight excluding hydrogens is 252 g/mol. The Morgan fingerprint density at radius 2 is 1.80 bits per heavy atom. The van der Waals surface area contributed by atoms with Gasteiger partial charge in [0.15, 0.2) is 0 Å². The number of aryl methyl sites for hydroxylation is 2. The van der Waals surface area contributed by atoms with Crippen LogP contribution >= 0.6 is 0 Å². The normalized spacial score (nSPS) is 21.6. The molecule has 1 aliphatic heterocycles. The van der Waals surface area contributed by atoms with Crippen LogP contribution in [0.4, 0.5) is 0 Å². The number of carbonyl (C=O) groups is 1. The summed E-state index contributed by atoms with van der Waals surface area (Å²) in [5, 5.41) is 7.03. The quantitative estimate of drug-likeness (QED) is 0.895. The van der Waals surface area contributed by atoms with Crippen molar-refractivity contribution in [1.29, 1.82) is 0 Å². The Balaban J connectivity index is 1.62. The minimum absolute atomic E-state index is 0.139. The van der Waals surface area contributed by atoms with Gasteiger partial charge in [-0.2, -0.15) is 5.10 Å². The lowest BCUT2D eigenvalue weighted by atomic mass is 10.1. The lowest BCUT2D eigenvalue weighted by Crippen LogP contribution is -2.51. The van der Waals surface area contributed by atoms with E-state index in [1.807, 2.05) is 18.7 Å². The smallest absolute Gasteiger partial charge is 0.257 e. The number of carbonyl (C=O) groups excluding carboxylic acids is 1. The van der Waals surface area contributed by atoms with Gasteiger partial charge in [-0.3, -0.25) is 14.8 Å². The molecular formula is C15H24N4O. The van der Waals surface area contributed by atoms with Crippen LogP contribution in [0.1, 0.15) is 47.4 Å². The molecule has 1 N–H and O–H groups in total. The Bertz CT molecular complexity index is 463. The molecule has 0 aromatic carbocycles. The van der Waals surface area contributed by atoms with Gasteiger partial charge in [-0.1, -0.05) is 12.8 Å². The highest BCUT2D eigenvalue weighted by Crippen LogP contribution is 2.24. The van der Waals surface area contributed by atoms with Crippen LogP contribution in [-0.4, -0.2) is 58.1 Å². The van der Waals surface area contributed by atoms with Crippen LogP contribution in [0.3, 0.4) is 0 Å². The van der Waals surface area contributed by atoms with E-state index in [-0.39, 0.29) is 5.91 Å². The minimum atomic E-state index is 0.139. The van der Waals surface area contributed by atoms with Crippen molar-refractivity contribution in [3.05, 3.63) is 17.0 Å². The summed E-state index contributed by atoms with van der Waals surface area (Å²) < 4.78 is 0. The van der Waals surface area contributed by atoms with Gasteiger partial charge in [0.05, 0.1) is 11.3 Å². The van der Waals surface area contributed by atoms with E-state index < -0.39 is 0 Å². The van der Waals surface area contributed by atoms with Crippen molar-refractivity contribution in [2.45, 2.75) is 45.6 Å². The number of amides is 1. The van der Waals surface area contributed by atoms with Crippen LogP contribution in [0.15, 0.2) is 0 Å². The van der Waals surface area contributed by atoms with Gasteiger partial charge in [-0.15, -0.1) is 0 Å². The van der Waals surface area contributed by atoms with Crippen molar-refractivity contribution in [3.8, 4) is 0 Å². The summed E-state index contributed by atoms with van der Waals surface area (Å²) in [5.41, 5.74) is 2.45. The summed E-state index contributed by atoms with van der Waals surface area (Å²) in [6, 6.07) is 0.768. The first-order valence-electron chi connectivity index (χ1n) is 7.71. The molecule has 1 aromatic rings. The Morgan fingerprint density at radius 3 is 2.35 bits per heavy atom. The third-order valence-electron chi connectivity index (χ3n) is 4.78. The first-order chi connectivity index (χ1) is 9.66. The van der Waals surface area contributed by atoms with E-state index in [0.717, 1.165) is 49.2 Å². The first kappa shape index (κ1) is 13.6. The molecule has 0 spiro atoms. The fourth-order valence-electron chi connectivity index (χ4n) is 3.58. The molecule has 110 valence electrons. The maximum Gasteiger partial charge on any atom is 0.257 e. The van der Waals surface area contributed by atoms with Crippen LogP contribution in [0, 0.1) is 13.8 Å². The fourth-order valence-corrected chi connectivity index (χ4v) is 3.58. The van der Waals surface area contributed by atoms with Gasteiger partial charge in [-0.25, -0.2) is 0 Å². The van der Waals surface area contributed by atoms with Crippen molar-refractivity contribution < 1.29 is 4.79 Å². The zero-order valence-electron chi connectivity index (χ0n) is 12.5. The number of aromatic amines is 1. The van der Waals surface area contributed by atoms with Gasteiger partial charge < -0.3 is 4.90 Å². The van der Waals surface area contributed by atoms with E-state index in [0.29, 0.717) is 0 Å². The van der Waals surface area contributed by atoms with Gasteiger partial charge in [0.1, 0.15) is 0 Å². The molecule has 2 fully saturated rings. The van der Waals surface area contributed by atoms with E-state index >= 15 is 0 Å².